The molecule has 6 aliphatic rings. The summed E-state index contributed by atoms with van der Waals surface area (Å²) < 4.78 is 5.59. The van der Waals surface area contributed by atoms with E-state index >= 15 is 0 Å². The van der Waals surface area contributed by atoms with Crippen LogP contribution in [0.5, 0.6) is 5.75 Å². The summed E-state index contributed by atoms with van der Waals surface area (Å²) in [6.45, 7) is 2.27. The second kappa shape index (κ2) is 8.13. The molecule has 2 bridgehead atoms. The second-order valence-corrected chi connectivity index (χ2v) is 11.1. The number of likely N-dealkylation sites (tertiary alicyclic amines) is 1. The Labute approximate surface area is 215 Å². The van der Waals surface area contributed by atoms with Crippen LogP contribution in [0.15, 0.2) is 66.7 Å². The van der Waals surface area contributed by atoms with Gasteiger partial charge in [-0.15, -0.1) is 0 Å². The van der Waals surface area contributed by atoms with E-state index in [0.717, 1.165) is 12.0 Å². The lowest BCUT2D eigenvalue weighted by Crippen LogP contribution is -2.40. The van der Waals surface area contributed by atoms with E-state index < -0.39 is 11.9 Å². The summed E-state index contributed by atoms with van der Waals surface area (Å²) in [5.41, 5.74) is 1.53. The van der Waals surface area contributed by atoms with E-state index in [4.69, 9.17) is 4.74 Å². The van der Waals surface area contributed by atoms with E-state index in [0.29, 0.717) is 29.8 Å². The van der Waals surface area contributed by atoms with Crippen LogP contribution in [0.2, 0.25) is 0 Å². The summed E-state index contributed by atoms with van der Waals surface area (Å²) in [6.07, 6.45) is 5.57. The first kappa shape index (κ1) is 22.5. The Balaban J connectivity index is 1.02. The SMILES string of the molecule is C[C@H](c1ccccc1)N1C[C@H](C(=O)Oc2ccc(N3C(=O)[C@@H]4[C@H]5C=C[C@@H]([C@@H]6C[C@H]56)[C@H]4C3=O)cc2)CC1=O. The number of benzene rings is 2. The molecule has 7 heteroatoms. The van der Waals surface area contributed by atoms with Crippen molar-refractivity contribution in [1.29, 1.82) is 0 Å². The predicted octanol–water partition coefficient (Wildman–Crippen LogP) is 3.76. The Morgan fingerprint density at radius 3 is 2.14 bits per heavy atom. The lowest BCUT2D eigenvalue weighted by Gasteiger charge is -2.37. The van der Waals surface area contributed by atoms with Crippen LogP contribution < -0.4 is 9.64 Å². The number of esters is 1. The molecule has 7 nitrogen and oxygen atoms in total. The molecule has 0 radical (unpaired) electrons. The highest BCUT2D eigenvalue weighted by atomic mass is 16.5. The van der Waals surface area contributed by atoms with Gasteiger partial charge in [0.15, 0.2) is 0 Å². The largest absolute Gasteiger partial charge is 0.426 e. The molecule has 3 amide bonds. The van der Waals surface area contributed by atoms with Crippen molar-refractivity contribution >= 4 is 29.4 Å². The van der Waals surface area contributed by atoms with Crippen molar-refractivity contribution in [2.24, 2.45) is 41.4 Å². The highest BCUT2D eigenvalue weighted by molar-refractivity contribution is 6.22. The number of amides is 3. The number of carbonyl (C=O) groups is 4. The maximum Gasteiger partial charge on any atom is 0.316 e. The summed E-state index contributed by atoms with van der Waals surface area (Å²) in [7, 11) is 0. The Morgan fingerprint density at radius 2 is 1.51 bits per heavy atom. The molecule has 8 rings (SSSR count). The van der Waals surface area contributed by atoms with Crippen LogP contribution in [-0.4, -0.2) is 35.1 Å². The van der Waals surface area contributed by atoms with Crippen LogP contribution in [0, 0.1) is 41.4 Å². The van der Waals surface area contributed by atoms with Crippen molar-refractivity contribution in [1.82, 2.24) is 4.90 Å². The van der Waals surface area contributed by atoms with Gasteiger partial charge < -0.3 is 9.64 Å². The summed E-state index contributed by atoms with van der Waals surface area (Å²) in [5.74, 6) is 0.0330. The lowest BCUT2D eigenvalue weighted by atomic mass is 9.63. The molecular formula is C30H28N2O5. The van der Waals surface area contributed by atoms with Gasteiger partial charge in [0.2, 0.25) is 17.7 Å². The van der Waals surface area contributed by atoms with Gasteiger partial charge >= 0.3 is 5.97 Å². The molecule has 4 aliphatic carbocycles. The van der Waals surface area contributed by atoms with Gasteiger partial charge in [-0.25, -0.2) is 0 Å². The standard InChI is InChI=1S/C30H28N2O5/c1-16(17-5-3-2-4-6-17)31-15-18(13-25(31)33)30(36)37-20-9-7-19(8-10-20)32-28(34)26-21-11-12-22(24-14-23(21)24)27(26)29(32)35/h2-12,16,18,21-24,26-27H,13-15H2,1H3/t16-,18-,21+,22+,23-,24+,26-,27-/m1/s1. The van der Waals surface area contributed by atoms with Crippen LogP contribution in [0.1, 0.15) is 31.4 Å². The van der Waals surface area contributed by atoms with Crippen molar-refractivity contribution < 1.29 is 23.9 Å². The number of ether oxygens (including phenoxy) is 1. The molecule has 2 saturated heterocycles. The Hall–Kier alpha value is -3.74. The molecule has 4 fully saturated rings. The van der Waals surface area contributed by atoms with Crippen molar-refractivity contribution in [3.05, 3.63) is 72.3 Å². The van der Waals surface area contributed by atoms with Gasteiger partial charge in [0.05, 0.1) is 29.5 Å². The average molecular weight is 497 g/mol. The van der Waals surface area contributed by atoms with Crippen LogP contribution in [-0.2, 0) is 19.2 Å². The molecule has 2 saturated carbocycles. The third-order valence-corrected chi connectivity index (χ3v) is 9.22. The molecular weight excluding hydrogens is 468 g/mol. The monoisotopic (exact) mass is 496 g/mol. The third kappa shape index (κ3) is 3.40. The van der Waals surface area contributed by atoms with Crippen LogP contribution in [0.25, 0.3) is 0 Å². The summed E-state index contributed by atoms with van der Waals surface area (Å²) >= 11 is 0. The minimum Gasteiger partial charge on any atom is -0.426 e. The number of hydrogen-bond donors (Lipinski definition) is 0. The van der Waals surface area contributed by atoms with Gasteiger partial charge in [-0.1, -0.05) is 42.5 Å². The average Bonchev–Trinajstić information content (AvgIpc) is 3.60. The number of carbonyl (C=O) groups excluding carboxylic acids is 4. The molecule has 2 aromatic rings. The van der Waals surface area contributed by atoms with Gasteiger partial charge in [-0.3, -0.25) is 24.1 Å². The van der Waals surface area contributed by atoms with Gasteiger partial charge in [0, 0.05) is 13.0 Å². The van der Waals surface area contributed by atoms with Gasteiger partial charge in [-0.05, 0) is 66.8 Å². The van der Waals surface area contributed by atoms with Gasteiger partial charge in [0.25, 0.3) is 0 Å². The first-order valence-corrected chi connectivity index (χ1v) is 13.1. The highest BCUT2D eigenvalue weighted by Gasteiger charge is 2.67. The second-order valence-electron chi connectivity index (χ2n) is 11.1. The normalized spacial score (nSPS) is 34.0. The Bertz CT molecular complexity index is 1300. The van der Waals surface area contributed by atoms with Gasteiger partial charge in [0.1, 0.15) is 5.75 Å². The fourth-order valence-corrected chi connectivity index (χ4v) is 7.25. The first-order chi connectivity index (χ1) is 17.9. The molecule has 2 heterocycles. The Morgan fingerprint density at radius 1 is 0.892 bits per heavy atom. The molecule has 8 atom stereocenters. The quantitative estimate of drug-likeness (QED) is 0.272. The maximum atomic E-state index is 13.3. The molecule has 2 aliphatic heterocycles. The van der Waals surface area contributed by atoms with Crippen LogP contribution in [0.3, 0.4) is 0 Å². The number of hydrogen-bond acceptors (Lipinski definition) is 5. The molecule has 0 N–H and O–H groups in total. The van der Waals surface area contributed by atoms with Crippen LogP contribution >= 0.6 is 0 Å². The van der Waals surface area contributed by atoms with E-state index in [-0.39, 0.29) is 53.9 Å². The van der Waals surface area contributed by atoms with E-state index in [1.807, 2.05) is 37.3 Å². The smallest absolute Gasteiger partial charge is 0.316 e. The fraction of sp³-hybridized carbons (Fsp3) is 0.400. The molecule has 0 spiro atoms. The van der Waals surface area contributed by atoms with Crippen molar-refractivity contribution in [2.45, 2.75) is 25.8 Å². The molecule has 0 aromatic heterocycles. The predicted molar refractivity (Wildman–Crippen MR) is 134 cm³/mol. The van der Waals surface area contributed by atoms with Gasteiger partial charge in [-0.2, -0.15) is 0 Å². The number of nitrogens with zero attached hydrogens (tertiary/aromatic N) is 2. The zero-order valence-corrected chi connectivity index (χ0v) is 20.5. The summed E-state index contributed by atoms with van der Waals surface area (Å²) in [5, 5.41) is 0. The van der Waals surface area contributed by atoms with Crippen molar-refractivity contribution in [3.8, 4) is 5.75 Å². The molecule has 37 heavy (non-hydrogen) atoms. The zero-order chi connectivity index (χ0) is 25.4. The first-order valence-electron chi connectivity index (χ1n) is 13.1. The molecule has 0 unspecified atom stereocenters. The minimum atomic E-state index is -0.544. The van der Waals surface area contributed by atoms with Crippen molar-refractivity contribution in [2.75, 3.05) is 11.4 Å². The topological polar surface area (TPSA) is 84.0 Å². The maximum absolute atomic E-state index is 13.3. The van der Waals surface area contributed by atoms with Crippen molar-refractivity contribution in [3.63, 3.8) is 0 Å². The van der Waals surface area contributed by atoms with E-state index in [1.54, 1.807) is 29.2 Å². The fourth-order valence-electron chi connectivity index (χ4n) is 7.25. The Kier molecular flexibility index (Phi) is 4.94. The number of allylic oxidation sites excluding steroid dienone is 2. The summed E-state index contributed by atoms with van der Waals surface area (Å²) in [6, 6.07) is 16.2. The third-order valence-electron chi connectivity index (χ3n) is 9.22. The van der Waals surface area contributed by atoms with E-state index in [2.05, 4.69) is 12.2 Å². The number of anilines is 1. The molecule has 2 aromatic carbocycles. The lowest BCUT2D eigenvalue weighted by molar-refractivity contribution is -0.139. The van der Waals surface area contributed by atoms with E-state index in [1.165, 1.54) is 4.90 Å². The minimum absolute atomic E-state index is 0.0673. The molecule has 188 valence electrons. The van der Waals surface area contributed by atoms with Crippen LogP contribution in [0.4, 0.5) is 5.69 Å². The highest BCUT2D eigenvalue weighted by Crippen LogP contribution is 2.65. The summed E-state index contributed by atoms with van der Waals surface area (Å²) in [4.78, 5) is 55.2. The number of rotatable bonds is 5. The zero-order valence-electron chi connectivity index (χ0n) is 20.5. The van der Waals surface area contributed by atoms with E-state index in [9.17, 15) is 19.2 Å². The number of imide groups is 1.